The van der Waals surface area contributed by atoms with E-state index in [0.717, 1.165) is 17.8 Å². The lowest BCUT2D eigenvalue weighted by molar-refractivity contribution is -0.113. The molecule has 0 aliphatic heterocycles. The molecule has 3 rings (SSSR count). The smallest absolute Gasteiger partial charge is 0.277 e. The summed E-state index contributed by atoms with van der Waals surface area (Å²) in [4.78, 5) is 12.0. The Bertz CT molecular complexity index is 920. The van der Waals surface area contributed by atoms with E-state index in [4.69, 9.17) is 27.6 Å². The quantitative estimate of drug-likeness (QED) is 0.619. The van der Waals surface area contributed by atoms with Crippen LogP contribution >= 0.6 is 35.0 Å². The number of benzene rings is 2. The van der Waals surface area contributed by atoms with Crippen LogP contribution in [0.1, 0.15) is 0 Å². The van der Waals surface area contributed by atoms with E-state index in [-0.39, 0.29) is 21.9 Å². The summed E-state index contributed by atoms with van der Waals surface area (Å²) in [6, 6.07) is 10.7. The summed E-state index contributed by atoms with van der Waals surface area (Å²) in [6.45, 7) is 0. The molecule has 0 fully saturated rings. The topological polar surface area (TPSA) is 68.0 Å². The van der Waals surface area contributed by atoms with Gasteiger partial charge in [0.15, 0.2) is 0 Å². The van der Waals surface area contributed by atoms with Gasteiger partial charge in [-0.05, 0) is 36.4 Å². The average Bonchev–Trinajstić information content (AvgIpc) is 3.05. The first-order chi connectivity index (χ1) is 12.0. The van der Waals surface area contributed by atoms with Crippen molar-refractivity contribution in [3.8, 4) is 11.5 Å². The number of rotatable bonds is 5. The minimum atomic E-state index is -0.475. The van der Waals surface area contributed by atoms with Gasteiger partial charge in [0.1, 0.15) is 5.82 Å². The third-order valence-corrected chi connectivity index (χ3v) is 4.38. The zero-order valence-corrected chi connectivity index (χ0v) is 14.8. The molecule has 0 saturated heterocycles. The number of thioether (sulfide) groups is 1. The first-order valence-corrected chi connectivity index (χ1v) is 8.72. The summed E-state index contributed by atoms with van der Waals surface area (Å²) in [5.41, 5.74) is 1.02. The highest BCUT2D eigenvalue weighted by Gasteiger charge is 2.12. The minimum absolute atomic E-state index is 0.0326. The van der Waals surface area contributed by atoms with Gasteiger partial charge in [-0.25, -0.2) is 4.39 Å². The lowest BCUT2D eigenvalue weighted by atomic mass is 10.2. The van der Waals surface area contributed by atoms with Gasteiger partial charge in [0, 0.05) is 10.6 Å². The Kier molecular flexibility index (Phi) is 5.57. The molecule has 0 aliphatic rings. The van der Waals surface area contributed by atoms with Crippen molar-refractivity contribution in [2.75, 3.05) is 11.1 Å². The lowest BCUT2D eigenvalue weighted by Crippen LogP contribution is -2.14. The van der Waals surface area contributed by atoms with Crippen LogP contribution in [0.2, 0.25) is 10.0 Å². The van der Waals surface area contributed by atoms with Gasteiger partial charge in [0.2, 0.25) is 11.8 Å². The van der Waals surface area contributed by atoms with Crippen molar-refractivity contribution in [2.24, 2.45) is 0 Å². The van der Waals surface area contributed by atoms with E-state index in [9.17, 15) is 9.18 Å². The number of nitrogens with one attached hydrogen (secondary N) is 1. The van der Waals surface area contributed by atoms with Crippen LogP contribution in [0.3, 0.4) is 0 Å². The molecule has 5 nitrogen and oxygen atoms in total. The molecular formula is C16H10Cl2FN3O2S. The van der Waals surface area contributed by atoms with E-state index in [1.54, 1.807) is 24.3 Å². The Morgan fingerprint density at radius 1 is 1.20 bits per heavy atom. The molecule has 1 aromatic heterocycles. The standard InChI is InChI=1S/C16H10Cl2FN3O2S/c17-10-3-1-2-9(6-10)15-21-22-16(24-15)25-8-14(23)20-13-5-4-11(19)7-12(13)18/h1-7H,8H2,(H,20,23). The highest BCUT2D eigenvalue weighted by molar-refractivity contribution is 7.99. The predicted molar refractivity (Wildman–Crippen MR) is 95.5 cm³/mol. The van der Waals surface area contributed by atoms with Crippen molar-refractivity contribution < 1.29 is 13.6 Å². The summed E-state index contributed by atoms with van der Waals surface area (Å²) in [5, 5.41) is 11.3. The maximum Gasteiger partial charge on any atom is 0.277 e. The number of nitrogens with zero attached hydrogens (tertiary/aromatic N) is 2. The van der Waals surface area contributed by atoms with E-state index < -0.39 is 5.82 Å². The number of hydrogen-bond donors (Lipinski definition) is 1. The third kappa shape index (κ3) is 4.72. The average molecular weight is 398 g/mol. The molecule has 0 atom stereocenters. The molecule has 0 aliphatic carbocycles. The van der Waals surface area contributed by atoms with Crippen LogP contribution in [-0.2, 0) is 4.79 Å². The summed E-state index contributed by atoms with van der Waals surface area (Å²) in [7, 11) is 0. The number of aromatic nitrogens is 2. The molecule has 2 aromatic carbocycles. The highest BCUT2D eigenvalue weighted by Crippen LogP contribution is 2.26. The number of carbonyl (C=O) groups is 1. The van der Waals surface area contributed by atoms with Crippen molar-refractivity contribution in [3.63, 3.8) is 0 Å². The van der Waals surface area contributed by atoms with E-state index in [2.05, 4.69) is 15.5 Å². The van der Waals surface area contributed by atoms with E-state index in [0.29, 0.717) is 22.2 Å². The Hall–Kier alpha value is -2.09. The maximum absolute atomic E-state index is 13.0. The van der Waals surface area contributed by atoms with Crippen LogP contribution in [0.25, 0.3) is 11.5 Å². The molecule has 9 heteroatoms. The highest BCUT2D eigenvalue weighted by atomic mass is 35.5. The fourth-order valence-corrected chi connectivity index (χ4v) is 2.88. The Labute approximate surface area is 156 Å². The number of carbonyl (C=O) groups excluding carboxylic acids is 1. The Morgan fingerprint density at radius 3 is 2.80 bits per heavy atom. The Morgan fingerprint density at radius 2 is 2.04 bits per heavy atom. The number of anilines is 1. The molecular weight excluding hydrogens is 388 g/mol. The van der Waals surface area contributed by atoms with Crippen LogP contribution in [0.4, 0.5) is 10.1 Å². The zero-order chi connectivity index (χ0) is 17.8. The second-order valence-corrected chi connectivity index (χ2v) is 6.61. The van der Waals surface area contributed by atoms with Crippen LogP contribution in [0.5, 0.6) is 0 Å². The summed E-state index contributed by atoms with van der Waals surface area (Å²) in [6.07, 6.45) is 0. The van der Waals surface area contributed by atoms with Gasteiger partial charge in [0.05, 0.1) is 16.5 Å². The Balaban J connectivity index is 1.59. The summed E-state index contributed by atoms with van der Waals surface area (Å²) < 4.78 is 18.5. The first kappa shape index (κ1) is 17.7. The van der Waals surface area contributed by atoms with E-state index in [1.165, 1.54) is 12.1 Å². The SMILES string of the molecule is O=C(CSc1nnc(-c2cccc(Cl)c2)o1)Nc1ccc(F)cc1Cl. The second kappa shape index (κ2) is 7.86. The van der Waals surface area contributed by atoms with Gasteiger partial charge in [-0.2, -0.15) is 0 Å². The van der Waals surface area contributed by atoms with Crippen LogP contribution < -0.4 is 5.32 Å². The van der Waals surface area contributed by atoms with Crippen molar-refractivity contribution >= 4 is 46.6 Å². The van der Waals surface area contributed by atoms with Gasteiger partial charge >= 0.3 is 0 Å². The molecule has 0 bridgehead atoms. The van der Waals surface area contributed by atoms with E-state index in [1.807, 2.05) is 0 Å². The number of hydrogen-bond acceptors (Lipinski definition) is 5. The molecule has 3 aromatic rings. The van der Waals surface area contributed by atoms with Gasteiger partial charge in [0.25, 0.3) is 5.22 Å². The molecule has 1 amide bonds. The molecule has 0 radical (unpaired) electrons. The fourth-order valence-electron chi connectivity index (χ4n) is 1.91. The van der Waals surface area contributed by atoms with Gasteiger partial charge in [-0.15, -0.1) is 10.2 Å². The maximum atomic E-state index is 13.0. The van der Waals surface area contributed by atoms with Crippen molar-refractivity contribution in [3.05, 3.63) is 58.3 Å². The molecule has 1 heterocycles. The van der Waals surface area contributed by atoms with E-state index >= 15 is 0 Å². The van der Waals surface area contributed by atoms with Gasteiger partial charge < -0.3 is 9.73 Å². The molecule has 128 valence electrons. The lowest BCUT2D eigenvalue weighted by Gasteiger charge is -2.06. The van der Waals surface area contributed by atoms with Gasteiger partial charge in [-0.3, -0.25) is 4.79 Å². The van der Waals surface area contributed by atoms with Crippen LogP contribution in [-0.4, -0.2) is 21.9 Å². The fraction of sp³-hybridized carbons (Fsp3) is 0.0625. The second-order valence-electron chi connectivity index (χ2n) is 4.84. The zero-order valence-electron chi connectivity index (χ0n) is 12.5. The monoisotopic (exact) mass is 397 g/mol. The number of halogens is 3. The summed E-state index contributed by atoms with van der Waals surface area (Å²) in [5.74, 6) is -0.463. The third-order valence-electron chi connectivity index (χ3n) is 3.01. The molecule has 1 N–H and O–H groups in total. The first-order valence-electron chi connectivity index (χ1n) is 6.98. The molecule has 0 spiro atoms. The van der Waals surface area contributed by atoms with Crippen molar-refractivity contribution in [2.45, 2.75) is 5.22 Å². The largest absolute Gasteiger partial charge is 0.411 e. The van der Waals surface area contributed by atoms with Crippen LogP contribution in [0, 0.1) is 5.82 Å². The molecule has 0 unspecified atom stereocenters. The van der Waals surface area contributed by atoms with Crippen LogP contribution in [0.15, 0.2) is 52.1 Å². The van der Waals surface area contributed by atoms with Gasteiger partial charge in [-0.1, -0.05) is 41.0 Å². The number of amides is 1. The summed E-state index contributed by atoms with van der Waals surface area (Å²) >= 11 is 12.9. The predicted octanol–water partition coefficient (Wildman–Crippen LogP) is 4.91. The van der Waals surface area contributed by atoms with Crippen molar-refractivity contribution in [1.29, 1.82) is 0 Å². The molecule has 0 saturated carbocycles. The molecule has 25 heavy (non-hydrogen) atoms. The normalized spacial score (nSPS) is 10.7. The van der Waals surface area contributed by atoms with Crippen molar-refractivity contribution in [1.82, 2.24) is 10.2 Å². The minimum Gasteiger partial charge on any atom is -0.411 e.